The predicted octanol–water partition coefficient (Wildman–Crippen LogP) is 2.55. The summed E-state index contributed by atoms with van der Waals surface area (Å²) < 4.78 is 5.61. The molecule has 23 heavy (non-hydrogen) atoms. The van der Waals surface area contributed by atoms with Crippen LogP contribution in [0, 0.1) is 0 Å². The topological polar surface area (TPSA) is 83.7 Å². The van der Waals surface area contributed by atoms with Gasteiger partial charge in [-0.2, -0.15) is 5.10 Å². The molecule has 2 rings (SSSR count). The molecule has 0 saturated carbocycles. The Hall–Kier alpha value is -2.67. The number of amides is 2. The number of carbonyl (C=O) groups is 2. The molecule has 0 aliphatic heterocycles. The number of nitrogens with one attached hydrogen (secondary N) is 2. The van der Waals surface area contributed by atoms with Crippen LogP contribution in [0.1, 0.15) is 16.1 Å². The van der Waals surface area contributed by atoms with E-state index in [9.17, 15) is 9.59 Å². The van der Waals surface area contributed by atoms with E-state index in [1.165, 1.54) is 18.5 Å². The smallest absolute Gasteiger partial charge is 0.287 e. The highest BCUT2D eigenvalue weighted by Gasteiger charge is 2.09. The van der Waals surface area contributed by atoms with Gasteiger partial charge >= 0.3 is 0 Å². The van der Waals surface area contributed by atoms with Gasteiger partial charge in [0.25, 0.3) is 11.8 Å². The van der Waals surface area contributed by atoms with Crippen molar-refractivity contribution in [2.24, 2.45) is 5.10 Å². The van der Waals surface area contributed by atoms with Crippen LogP contribution in [-0.4, -0.2) is 24.6 Å². The Morgan fingerprint density at radius 3 is 2.65 bits per heavy atom. The van der Waals surface area contributed by atoms with E-state index in [4.69, 9.17) is 4.42 Å². The Kier molecular flexibility index (Phi) is 6.31. The Balaban J connectivity index is 1.75. The molecular formula is C16H14BrN3O3. The Bertz CT molecular complexity index is 709. The van der Waals surface area contributed by atoms with Gasteiger partial charge in [-0.05, 0) is 39.7 Å². The van der Waals surface area contributed by atoms with Gasteiger partial charge in [0.05, 0.1) is 19.0 Å². The second kappa shape index (κ2) is 8.70. The van der Waals surface area contributed by atoms with Crippen molar-refractivity contribution >= 4 is 40.0 Å². The van der Waals surface area contributed by atoms with Crippen molar-refractivity contribution in [2.75, 3.05) is 6.54 Å². The third kappa shape index (κ3) is 5.91. The summed E-state index contributed by atoms with van der Waals surface area (Å²) in [6.45, 7) is -0.198. The number of hydrogen-bond donors (Lipinski definition) is 2. The summed E-state index contributed by atoms with van der Waals surface area (Å²) in [6, 6.07) is 12.8. The standard InChI is InChI=1S/C16H14BrN3O3/c17-13(9-12-5-2-1-3-6-12)10-19-20-15(21)11-18-16(22)14-7-4-8-23-14/h1-10H,11H2,(H,18,22)(H,20,21)/b13-9-,19-10+. The maximum absolute atomic E-state index is 11.6. The normalized spacial score (nSPS) is 11.4. The van der Waals surface area contributed by atoms with Crippen LogP contribution >= 0.6 is 15.9 Å². The quantitative estimate of drug-likeness (QED) is 0.600. The molecule has 2 N–H and O–H groups in total. The van der Waals surface area contributed by atoms with Crippen LogP contribution in [0.3, 0.4) is 0 Å². The number of carbonyl (C=O) groups excluding carboxylic acids is 2. The van der Waals surface area contributed by atoms with E-state index in [0.29, 0.717) is 4.48 Å². The molecular weight excluding hydrogens is 362 g/mol. The second-order valence-electron chi connectivity index (χ2n) is 4.39. The summed E-state index contributed by atoms with van der Waals surface area (Å²) in [5.74, 6) is -0.754. The van der Waals surface area contributed by atoms with Crippen LogP contribution < -0.4 is 10.7 Å². The first-order chi connectivity index (χ1) is 11.1. The van der Waals surface area contributed by atoms with Crippen molar-refractivity contribution in [2.45, 2.75) is 0 Å². The van der Waals surface area contributed by atoms with E-state index >= 15 is 0 Å². The maximum Gasteiger partial charge on any atom is 0.287 e. The zero-order valence-corrected chi connectivity index (χ0v) is 13.6. The van der Waals surface area contributed by atoms with E-state index in [-0.39, 0.29) is 12.3 Å². The number of benzene rings is 1. The molecule has 0 bridgehead atoms. The highest BCUT2D eigenvalue weighted by atomic mass is 79.9. The lowest BCUT2D eigenvalue weighted by Crippen LogP contribution is -2.34. The van der Waals surface area contributed by atoms with Gasteiger partial charge in [-0.25, -0.2) is 5.43 Å². The molecule has 0 radical (unpaired) electrons. The van der Waals surface area contributed by atoms with Crippen molar-refractivity contribution in [3.63, 3.8) is 0 Å². The van der Waals surface area contributed by atoms with E-state index in [0.717, 1.165) is 5.56 Å². The lowest BCUT2D eigenvalue weighted by atomic mass is 10.2. The highest BCUT2D eigenvalue weighted by Crippen LogP contribution is 2.09. The zero-order valence-electron chi connectivity index (χ0n) is 12.0. The predicted molar refractivity (Wildman–Crippen MR) is 91.0 cm³/mol. The maximum atomic E-state index is 11.6. The highest BCUT2D eigenvalue weighted by molar-refractivity contribution is 9.12. The zero-order chi connectivity index (χ0) is 16.5. The fraction of sp³-hybridized carbons (Fsp3) is 0.0625. The molecule has 1 aromatic heterocycles. The fourth-order valence-electron chi connectivity index (χ4n) is 1.61. The summed E-state index contributed by atoms with van der Waals surface area (Å²) in [7, 11) is 0. The number of hydrazone groups is 1. The average molecular weight is 376 g/mol. The van der Waals surface area contributed by atoms with Crippen LogP contribution in [0.15, 0.2) is 62.7 Å². The van der Waals surface area contributed by atoms with Crippen LogP contribution in [0.25, 0.3) is 6.08 Å². The minimum absolute atomic E-state index is 0.148. The number of rotatable bonds is 6. The van der Waals surface area contributed by atoms with Gasteiger partial charge in [-0.15, -0.1) is 0 Å². The van der Waals surface area contributed by atoms with Gasteiger partial charge in [-0.1, -0.05) is 30.3 Å². The Morgan fingerprint density at radius 1 is 1.17 bits per heavy atom. The minimum atomic E-state index is -0.459. The van der Waals surface area contributed by atoms with Crippen molar-refractivity contribution in [3.8, 4) is 0 Å². The molecule has 2 aromatic rings. The summed E-state index contributed by atoms with van der Waals surface area (Å²) in [6.07, 6.45) is 4.70. The third-order valence-corrected chi connectivity index (χ3v) is 3.07. The molecule has 1 aromatic carbocycles. The number of furan rings is 1. The van der Waals surface area contributed by atoms with Gasteiger partial charge in [0.15, 0.2) is 5.76 Å². The molecule has 2 amide bonds. The van der Waals surface area contributed by atoms with Crippen molar-refractivity contribution in [1.82, 2.24) is 10.7 Å². The molecule has 118 valence electrons. The molecule has 1 heterocycles. The number of nitrogens with zero attached hydrogens (tertiary/aromatic N) is 1. The number of halogens is 1. The lowest BCUT2D eigenvalue weighted by molar-refractivity contribution is -0.120. The van der Waals surface area contributed by atoms with Crippen molar-refractivity contribution < 1.29 is 14.0 Å². The minimum Gasteiger partial charge on any atom is -0.459 e. The molecule has 0 aliphatic rings. The molecule has 0 atom stereocenters. The van der Waals surface area contributed by atoms with Gasteiger partial charge in [0.2, 0.25) is 0 Å². The van der Waals surface area contributed by atoms with Crippen LogP contribution in [0.5, 0.6) is 0 Å². The van der Waals surface area contributed by atoms with E-state index < -0.39 is 11.8 Å². The summed E-state index contributed by atoms with van der Waals surface area (Å²) >= 11 is 3.33. The van der Waals surface area contributed by atoms with Crippen molar-refractivity contribution in [1.29, 1.82) is 0 Å². The van der Waals surface area contributed by atoms with Gasteiger partial charge in [-0.3, -0.25) is 9.59 Å². The first-order valence-electron chi connectivity index (χ1n) is 6.71. The second-order valence-corrected chi connectivity index (χ2v) is 5.31. The van der Waals surface area contributed by atoms with Crippen LogP contribution in [0.4, 0.5) is 0 Å². The number of hydrogen-bond acceptors (Lipinski definition) is 4. The van der Waals surface area contributed by atoms with Gasteiger partial charge in [0.1, 0.15) is 0 Å². The fourth-order valence-corrected chi connectivity index (χ4v) is 1.97. The van der Waals surface area contributed by atoms with Gasteiger partial charge < -0.3 is 9.73 Å². The molecule has 0 fully saturated rings. The summed E-state index contributed by atoms with van der Waals surface area (Å²) in [5, 5.41) is 6.21. The first kappa shape index (κ1) is 16.7. The Morgan fingerprint density at radius 2 is 1.96 bits per heavy atom. The van der Waals surface area contributed by atoms with E-state index in [1.807, 2.05) is 36.4 Å². The van der Waals surface area contributed by atoms with Crippen molar-refractivity contribution in [3.05, 3.63) is 64.5 Å². The SMILES string of the molecule is O=C(CNC(=O)c1ccco1)N/N=C/C(Br)=C/c1ccccc1. The average Bonchev–Trinajstić information content (AvgIpc) is 3.08. The first-order valence-corrected chi connectivity index (χ1v) is 7.50. The van der Waals surface area contributed by atoms with E-state index in [2.05, 4.69) is 31.8 Å². The summed E-state index contributed by atoms with van der Waals surface area (Å²) in [5.41, 5.74) is 3.32. The Labute approximate surface area is 141 Å². The lowest BCUT2D eigenvalue weighted by Gasteiger charge is -2.01. The molecule has 7 heteroatoms. The largest absolute Gasteiger partial charge is 0.459 e. The van der Waals surface area contributed by atoms with Gasteiger partial charge in [0, 0.05) is 4.48 Å². The molecule has 0 spiro atoms. The molecule has 0 saturated heterocycles. The molecule has 6 nitrogen and oxygen atoms in total. The third-order valence-electron chi connectivity index (χ3n) is 2.64. The number of allylic oxidation sites excluding steroid dienone is 1. The van der Waals surface area contributed by atoms with E-state index in [1.54, 1.807) is 6.07 Å². The molecule has 0 aliphatic carbocycles. The van der Waals surface area contributed by atoms with Crippen LogP contribution in [0.2, 0.25) is 0 Å². The van der Waals surface area contributed by atoms with Crippen LogP contribution in [-0.2, 0) is 4.79 Å². The summed E-state index contributed by atoms with van der Waals surface area (Å²) in [4.78, 5) is 23.1. The molecule has 0 unspecified atom stereocenters. The monoisotopic (exact) mass is 375 g/mol.